The summed E-state index contributed by atoms with van der Waals surface area (Å²) in [6, 6.07) is 7.20. The Labute approximate surface area is 130 Å². The Morgan fingerprint density at radius 1 is 1.43 bits per heavy atom. The van der Waals surface area contributed by atoms with Crippen molar-refractivity contribution in [3.05, 3.63) is 34.9 Å². The van der Waals surface area contributed by atoms with Gasteiger partial charge in [0.25, 0.3) is 0 Å². The topological polar surface area (TPSA) is 66.5 Å². The van der Waals surface area contributed by atoms with Crippen LogP contribution >= 0.6 is 11.6 Å². The van der Waals surface area contributed by atoms with E-state index in [1.165, 1.54) is 0 Å². The summed E-state index contributed by atoms with van der Waals surface area (Å²) < 4.78 is 25.6. The summed E-state index contributed by atoms with van der Waals surface area (Å²) in [6.45, 7) is 2.58. The van der Waals surface area contributed by atoms with Crippen molar-refractivity contribution in [1.82, 2.24) is 9.62 Å². The fraction of sp³-hybridized carbons (Fsp3) is 0.500. The molecule has 1 N–H and O–H groups in total. The quantitative estimate of drug-likeness (QED) is 0.858. The van der Waals surface area contributed by atoms with Gasteiger partial charge in [0.2, 0.25) is 15.9 Å². The lowest BCUT2D eigenvalue weighted by Gasteiger charge is -2.17. The standard InChI is InChI=1S/C14H19ClN2O3S/c1-2-21(19,20)16-13-9-14(18)17(10-13)7-6-11-4-3-5-12(15)8-11/h3-5,8,13,16H,2,6-7,9-10H2,1H3. The average molecular weight is 331 g/mol. The van der Waals surface area contributed by atoms with Crippen molar-refractivity contribution < 1.29 is 13.2 Å². The summed E-state index contributed by atoms with van der Waals surface area (Å²) in [7, 11) is -3.27. The van der Waals surface area contributed by atoms with Crippen molar-refractivity contribution in [1.29, 1.82) is 0 Å². The van der Waals surface area contributed by atoms with E-state index >= 15 is 0 Å². The predicted octanol–water partition coefficient (Wildman–Crippen LogP) is 1.42. The van der Waals surface area contributed by atoms with Gasteiger partial charge >= 0.3 is 0 Å². The lowest BCUT2D eigenvalue weighted by molar-refractivity contribution is -0.127. The molecule has 1 aliphatic heterocycles. The number of amides is 1. The molecule has 1 unspecified atom stereocenters. The largest absolute Gasteiger partial charge is 0.341 e. The van der Waals surface area contributed by atoms with Crippen LogP contribution in [0.15, 0.2) is 24.3 Å². The molecule has 7 heteroatoms. The van der Waals surface area contributed by atoms with Crippen LogP contribution in [0.3, 0.4) is 0 Å². The number of hydrogen-bond donors (Lipinski definition) is 1. The van der Waals surface area contributed by atoms with Crippen LogP contribution in [0.5, 0.6) is 0 Å². The third-order valence-electron chi connectivity index (χ3n) is 3.50. The van der Waals surface area contributed by atoms with Gasteiger partial charge in [0.1, 0.15) is 0 Å². The maximum atomic E-state index is 11.9. The van der Waals surface area contributed by atoms with Crippen molar-refractivity contribution in [2.75, 3.05) is 18.8 Å². The lowest BCUT2D eigenvalue weighted by Crippen LogP contribution is -2.38. The molecule has 0 aromatic heterocycles. The second-order valence-electron chi connectivity index (χ2n) is 5.14. The molecule has 1 atom stereocenters. The monoisotopic (exact) mass is 330 g/mol. The summed E-state index contributed by atoms with van der Waals surface area (Å²) in [5.41, 5.74) is 1.06. The van der Waals surface area contributed by atoms with Gasteiger partial charge in [-0.15, -0.1) is 0 Å². The Morgan fingerprint density at radius 2 is 2.19 bits per heavy atom. The Bertz CT molecular complexity index is 618. The second-order valence-corrected chi connectivity index (χ2v) is 7.62. The summed E-state index contributed by atoms with van der Waals surface area (Å²) in [4.78, 5) is 13.6. The number of rotatable bonds is 6. The number of likely N-dealkylation sites (tertiary alicyclic amines) is 1. The molecule has 0 bridgehead atoms. The van der Waals surface area contributed by atoms with Crippen molar-refractivity contribution in [3.8, 4) is 0 Å². The van der Waals surface area contributed by atoms with E-state index < -0.39 is 10.0 Å². The molecule has 0 spiro atoms. The normalized spacial score (nSPS) is 19.2. The highest BCUT2D eigenvalue weighted by atomic mass is 35.5. The van der Waals surface area contributed by atoms with Gasteiger partial charge in [-0.25, -0.2) is 13.1 Å². The van der Waals surface area contributed by atoms with Gasteiger partial charge in [-0.1, -0.05) is 23.7 Å². The van der Waals surface area contributed by atoms with E-state index in [1.54, 1.807) is 11.8 Å². The summed E-state index contributed by atoms with van der Waals surface area (Å²) in [5, 5.41) is 0.675. The highest BCUT2D eigenvalue weighted by Crippen LogP contribution is 2.15. The number of sulfonamides is 1. The van der Waals surface area contributed by atoms with Crippen molar-refractivity contribution in [2.45, 2.75) is 25.8 Å². The SMILES string of the molecule is CCS(=O)(=O)NC1CC(=O)N(CCc2cccc(Cl)c2)C1. The summed E-state index contributed by atoms with van der Waals surface area (Å²) >= 11 is 5.92. The maximum absolute atomic E-state index is 11.9. The van der Waals surface area contributed by atoms with Gasteiger partial charge in [0.05, 0.1) is 5.75 Å². The Balaban J connectivity index is 1.89. The Morgan fingerprint density at radius 3 is 2.86 bits per heavy atom. The zero-order valence-electron chi connectivity index (χ0n) is 11.9. The maximum Gasteiger partial charge on any atom is 0.224 e. The average Bonchev–Trinajstić information content (AvgIpc) is 2.76. The first-order valence-electron chi connectivity index (χ1n) is 6.92. The van der Waals surface area contributed by atoms with E-state index in [1.807, 2.05) is 24.3 Å². The van der Waals surface area contributed by atoms with Crippen LogP contribution in [0.25, 0.3) is 0 Å². The minimum absolute atomic E-state index is 0.0131. The first-order chi connectivity index (χ1) is 9.89. The number of carbonyl (C=O) groups excluding carboxylic acids is 1. The Hall–Kier alpha value is -1.11. The van der Waals surface area contributed by atoms with Crippen molar-refractivity contribution in [3.63, 3.8) is 0 Å². The van der Waals surface area contributed by atoms with Crippen LogP contribution in [-0.4, -0.2) is 44.1 Å². The molecule has 1 saturated heterocycles. The molecule has 2 rings (SSSR count). The molecule has 0 aliphatic carbocycles. The van der Waals surface area contributed by atoms with Crippen molar-refractivity contribution in [2.24, 2.45) is 0 Å². The van der Waals surface area contributed by atoms with Crippen molar-refractivity contribution >= 4 is 27.5 Å². The molecule has 1 aromatic rings. The number of halogens is 1. The highest BCUT2D eigenvalue weighted by Gasteiger charge is 2.31. The van der Waals surface area contributed by atoms with Gasteiger partial charge < -0.3 is 4.90 Å². The van der Waals surface area contributed by atoms with Crippen LogP contribution in [0, 0.1) is 0 Å². The Kier molecular flexibility index (Phi) is 5.24. The first kappa shape index (κ1) is 16.3. The number of carbonyl (C=O) groups is 1. The van der Waals surface area contributed by atoms with E-state index in [2.05, 4.69) is 4.72 Å². The number of nitrogens with one attached hydrogen (secondary N) is 1. The predicted molar refractivity (Wildman–Crippen MR) is 82.7 cm³/mol. The third-order valence-corrected chi connectivity index (χ3v) is 5.19. The molecule has 1 amide bonds. The first-order valence-corrected chi connectivity index (χ1v) is 8.95. The van der Waals surface area contributed by atoms with Crippen LogP contribution in [0.1, 0.15) is 18.9 Å². The molecule has 1 aromatic carbocycles. The van der Waals surface area contributed by atoms with Gasteiger partial charge in [-0.2, -0.15) is 0 Å². The van der Waals surface area contributed by atoms with Crippen LogP contribution in [0.2, 0.25) is 5.02 Å². The second kappa shape index (κ2) is 6.77. The molecule has 5 nitrogen and oxygen atoms in total. The molecule has 1 aliphatic rings. The number of benzene rings is 1. The fourth-order valence-electron chi connectivity index (χ4n) is 2.36. The molecule has 0 saturated carbocycles. The van der Waals surface area contributed by atoms with E-state index in [9.17, 15) is 13.2 Å². The van der Waals surface area contributed by atoms with E-state index in [-0.39, 0.29) is 24.1 Å². The molecule has 1 heterocycles. The van der Waals surface area contributed by atoms with E-state index in [0.29, 0.717) is 24.5 Å². The summed E-state index contributed by atoms with van der Waals surface area (Å²) in [6.07, 6.45) is 0.939. The van der Waals surface area contributed by atoms with Gasteiger partial charge in [-0.3, -0.25) is 4.79 Å². The van der Waals surface area contributed by atoms with Gasteiger partial charge in [-0.05, 0) is 31.0 Å². The highest BCUT2D eigenvalue weighted by molar-refractivity contribution is 7.89. The van der Waals surface area contributed by atoms with Gasteiger partial charge in [0, 0.05) is 30.6 Å². The minimum Gasteiger partial charge on any atom is -0.341 e. The third kappa shape index (κ3) is 4.69. The molecule has 1 fully saturated rings. The number of hydrogen-bond acceptors (Lipinski definition) is 3. The molecule has 116 valence electrons. The van der Waals surface area contributed by atoms with Gasteiger partial charge in [0.15, 0.2) is 0 Å². The molecular weight excluding hydrogens is 312 g/mol. The van der Waals surface area contributed by atoms with E-state index in [0.717, 1.165) is 5.56 Å². The minimum atomic E-state index is -3.27. The van der Waals surface area contributed by atoms with Crippen LogP contribution in [-0.2, 0) is 21.2 Å². The lowest BCUT2D eigenvalue weighted by atomic mass is 10.1. The molecule has 21 heavy (non-hydrogen) atoms. The molecular formula is C14H19ClN2O3S. The fourth-order valence-corrected chi connectivity index (χ4v) is 3.41. The van der Waals surface area contributed by atoms with E-state index in [4.69, 9.17) is 11.6 Å². The van der Waals surface area contributed by atoms with Crippen LogP contribution in [0.4, 0.5) is 0 Å². The molecule has 0 radical (unpaired) electrons. The zero-order chi connectivity index (χ0) is 15.5. The summed E-state index contributed by atoms with van der Waals surface area (Å²) in [5.74, 6) is 0.0149. The van der Waals surface area contributed by atoms with Crippen LogP contribution < -0.4 is 4.72 Å². The number of nitrogens with zero attached hydrogens (tertiary/aromatic N) is 1. The smallest absolute Gasteiger partial charge is 0.224 e. The zero-order valence-corrected chi connectivity index (χ0v) is 13.5.